The molecule has 5 nitrogen and oxygen atoms in total. The van der Waals surface area contributed by atoms with Crippen LogP contribution in [0, 0.1) is 6.92 Å². The van der Waals surface area contributed by atoms with Gasteiger partial charge in [0, 0.05) is 11.1 Å². The molecule has 28 heavy (non-hydrogen) atoms. The Morgan fingerprint density at radius 2 is 1.54 bits per heavy atom. The molecule has 5 heteroatoms. The zero-order valence-electron chi connectivity index (χ0n) is 15.7. The van der Waals surface area contributed by atoms with Gasteiger partial charge in [0.15, 0.2) is 0 Å². The van der Waals surface area contributed by atoms with Gasteiger partial charge in [-0.15, -0.1) is 0 Å². The van der Waals surface area contributed by atoms with E-state index in [-0.39, 0.29) is 0 Å². The highest BCUT2D eigenvalue weighted by Gasteiger charge is 2.54. The molecule has 0 aromatic heterocycles. The number of esters is 1. The Hall–Kier alpha value is -3.60. The van der Waals surface area contributed by atoms with E-state index in [1.54, 1.807) is 0 Å². The molecule has 0 aliphatic carbocycles. The predicted octanol–water partition coefficient (Wildman–Crippen LogP) is 4.22. The van der Waals surface area contributed by atoms with Crippen LogP contribution in [0.25, 0.3) is 0 Å². The first-order chi connectivity index (χ1) is 13.6. The van der Waals surface area contributed by atoms with Gasteiger partial charge in [0.25, 0.3) is 11.6 Å². The van der Waals surface area contributed by atoms with E-state index in [0.717, 1.165) is 11.1 Å². The van der Waals surface area contributed by atoms with Gasteiger partial charge in [0.05, 0.1) is 12.8 Å². The first-order valence-electron chi connectivity index (χ1n) is 8.99. The summed E-state index contributed by atoms with van der Waals surface area (Å²) in [6.07, 6.45) is 0. The van der Waals surface area contributed by atoms with Crippen LogP contribution in [0.2, 0.25) is 0 Å². The van der Waals surface area contributed by atoms with Crippen molar-refractivity contribution in [3.05, 3.63) is 102 Å². The van der Waals surface area contributed by atoms with Crippen LogP contribution in [0.1, 0.15) is 16.7 Å². The molecule has 0 radical (unpaired) electrons. The molecule has 0 amide bonds. The van der Waals surface area contributed by atoms with E-state index in [9.17, 15) is 4.79 Å². The molecular weight excluding hydrogens is 352 g/mol. The molecule has 0 saturated carbocycles. The average Bonchev–Trinajstić information content (AvgIpc) is 3.17. The first kappa shape index (κ1) is 17.8. The Labute approximate surface area is 163 Å². The summed E-state index contributed by atoms with van der Waals surface area (Å²) in [4.78, 5) is 24.0. The van der Waals surface area contributed by atoms with Crippen LogP contribution in [-0.4, -0.2) is 19.0 Å². The molecule has 1 unspecified atom stereocenters. The van der Waals surface area contributed by atoms with Crippen molar-refractivity contribution < 1.29 is 14.4 Å². The SMILES string of the molecule is COC(=O)C1(c2ccccc2)N=C(c2ccc(C)cc2)ON1c1ccccc1. The van der Waals surface area contributed by atoms with Crippen LogP contribution in [0.15, 0.2) is 89.9 Å². The molecule has 1 aliphatic rings. The van der Waals surface area contributed by atoms with Gasteiger partial charge in [-0.3, -0.25) is 0 Å². The van der Waals surface area contributed by atoms with Gasteiger partial charge in [-0.05, 0) is 31.2 Å². The van der Waals surface area contributed by atoms with Crippen molar-refractivity contribution in [2.45, 2.75) is 12.6 Å². The van der Waals surface area contributed by atoms with Crippen molar-refractivity contribution in [2.24, 2.45) is 4.99 Å². The minimum absolute atomic E-state index is 0.359. The fourth-order valence-electron chi connectivity index (χ4n) is 3.22. The number of para-hydroxylation sites is 1. The second kappa shape index (κ2) is 7.19. The molecular formula is C23H20N2O3. The molecule has 0 fully saturated rings. The standard InChI is InChI=1S/C23H20N2O3/c1-17-13-15-18(16-14-17)21-24-23(22(26)27-2,19-9-5-3-6-10-19)25(28-21)20-11-7-4-8-12-20/h3-16H,1-2H3. The normalized spacial score (nSPS) is 18.4. The summed E-state index contributed by atoms with van der Waals surface area (Å²) >= 11 is 0. The van der Waals surface area contributed by atoms with E-state index < -0.39 is 11.6 Å². The maximum atomic E-state index is 13.1. The maximum Gasteiger partial charge on any atom is 0.363 e. The number of ether oxygens (including phenoxy) is 1. The number of aryl methyl sites for hydroxylation is 1. The van der Waals surface area contributed by atoms with Crippen LogP contribution in [0.5, 0.6) is 0 Å². The van der Waals surface area contributed by atoms with Gasteiger partial charge in [0.1, 0.15) is 0 Å². The Kier molecular flexibility index (Phi) is 4.57. The molecule has 0 spiro atoms. The topological polar surface area (TPSA) is 51.1 Å². The van der Waals surface area contributed by atoms with Crippen LogP contribution >= 0.6 is 0 Å². The van der Waals surface area contributed by atoms with E-state index in [1.165, 1.54) is 12.2 Å². The smallest absolute Gasteiger partial charge is 0.363 e. The molecule has 1 aliphatic heterocycles. The molecule has 3 aromatic rings. The molecule has 0 bridgehead atoms. The van der Waals surface area contributed by atoms with Crippen molar-refractivity contribution in [1.29, 1.82) is 0 Å². The third-order valence-electron chi connectivity index (χ3n) is 4.67. The highest BCUT2D eigenvalue weighted by Crippen LogP contribution is 2.41. The predicted molar refractivity (Wildman–Crippen MR) is 108 cm³/mol. The summed E-state index contributed by atoms with van der Waals surface area (Å²) in [6, 6.07) is 26.5. The zero-order chi connectivity index (χ0) is 19.6. The number of hydrogen-bond acceptors (Lipinski definition) is 5. The summed E-state index contributed by atoms with van der Waals surface area (Å²) in [6.45, 7) is 2.01. The summed E-state index contributed by atoms with van der Waals surface area (Å²) in [5.41, 5.74) is 1.80. The lowest BCUT2D eigenvalue weighted by atomic mass is 9.98. The van der Waals surface area contributed by atoms with Crippen LogP contribution in [0.3, 0.4) is 0 Å². The zero-order valence-corrected chi connectivity index (χ0v) is 15.7. The second-order valence-electron chi connectivity index (χ2n) is 6.53. The lowest BCUT2D eigenvalue weighted by Crippen LogP contribution is -2.48. The monoisotopic (exact) mass is 372 g/mol. The number of methoxy groups -OCH3 is 1. The lowest BCUT2D eigenvalue weighted by molar-refractivity contribution is -0.148. The fraction of sp³-hybridized carbons (Fsp3) is 0.130. The van der Waals surface area contributed by atoms with Gasteiger partial charge in [-0.1, -0.05) is 66.2 Å². The molecule has 4 rings (SSSR count). The van der Waals surface area contributed by atoms with E-state index in [0.29, 0.717) is 17.1 Å². The van der Waals surface area contributed by atoms with Gasteiger partial charge in [-0.25, -0.2) is 9.79 Å². The number of carbonyl (C=O) groups excluding carboxylic acids is 1. The minimum Gasteiger partial charge on any atom is -0.465 e. The number of rotatable bonds is 4. The summed E-state index contributed by atoms with van der Waals surface area (Å²) in [5, 5.41) is 1.52. The van der Waals surface area contributed by atoms with E-state index in [1.807, 2.05) is 91.9 Å². The highest BCUT2D eigenvalue weighted by atomic mass is 16.7. The molecule has 1 atom stereocenters. The Bertz CT molecular complexity index is 1000. The Morgan fingerprint density at radius 1 is 0.929 bits per heavy atom. The van der Waals surface area contributed by atoms with Crippen molar-refractivity contribution in [3.63, 3.8) is 0 Å². The van der Waals surface area contributed by atoms with Crippen LogP contribution in [0.4, 0.5) is 5.69 Å². The summed E-state index contributed by atoms with van der Waals surface area (Å²) in [7, 11) is 1.36. The largest absolute Gasteiger partial charge is 0.465 e. The molecule has 0 saturated heterocycles. The average molecular weight is 372 g/mol. The summed E-state index contributed by atoms with van der Waals surface area (Å²) < 4.78 is 5.18. The number of hydroxylamine groups is 1. The van der Waals surface area contributed by atoms with Crippen molar-refractivity contribution in [2.75, 3.05) is 12.2 Å². The first-order valence-corrected chi connectivity index (χ1v) is 8.99. The molecule has 0 N–H and O–H groups in total. The molecule has 3 aromatic carbocycles. The molecule has 140 valence electrons. The van der Waals surface area contributed by atoms with Gasteiger partial charge >= 0.3 is 5.97 Å². The quantitative estimate of drug-likeness (QED) is 0.644. The van der Waals surface area contributed by atoms with Gasteiger partial charge < -0.3 is 9.57 Å². The number of hydrogen-bond donors (Lipinski definition) is 0. The fourth-order valence-corrected chi connectivity index (χ4v) is 3.22. The number of nitrogens with zero attached hydrogens (tertiary/aromatic N) is 2. The van der Waals surface area contributed by atoms with E-state index >= 15 is 0 Å². The van der Waals surface area contributed by atoms with Crippen molar-refractivity contribution >= 4 is 17.6 Å². The van der Waals surface area contributed by atoms with Crippen LogP contribution < -0.4 is 5.06 Å². The third-order valence-corrected chi connectivity index (χ3v) is 4.67. The van der Waals surface area contributed by atoms with E-state index in [2.05, 4.69) is 0 Å². The second-order valence-corrected chi connectivity index (χ2v) is 6.53. The Morgan fingerprint density at radius 3 is 2.14 bits per heavy atom. The third kappa shape index (κ3) is 2.91. The maximum absolute atomic E-state index is 13.1. The minimum atomic E-state index is -1.47. The van der Waals surface area contributed by atoms with Crippen molar-refractivity contribution in [1.82, 2.24) is 0 Å². The number of carbonyl (C=O) groups is 1. The molecule has 1 heterocycles. The number of aliphatic imine (C=N–C) groups is 1. The lowest BCUT2D eigenvalue weighted by Gasteiger charge is -2.32. The Balaban J connectivity index is 1.93. The highest BCUT2D eigenvalue weighted by molar-refractivity contribution is 6.01. The van der Waals surface area contributed by atoms with Gasteiger partial charge in [0.2, 0.25) is 0 Å². The van der Waals surface area contributed by atoms with Crippen molar-refractivity contribution in [3.8, 4) is 0 Å². The van der Waals surface area contributed by atoms with Crippen LogP contribution in [-0.2, 0) is 20.0 Å². The van der Waals surface area contributed by atoms with E-state index in [4.69, 9.17) is 14.6 Å². The number of anilines is 1. The number of benzene rings is 3. The summed E-state index contributed by atoms with van der Waals surface area (Å²) in [5.74, 6) is -0.164. The van der Waals surface area contributed by atoms with Gasteiger partial charge in [-0.2, -0.15) is 5.06 Å².